The fourth-order valence-corrected chi connectivity index (χ4v) is 5.39. The van der Waals surface area contributed by atoms with Crippen LogP contribution in [0.15, 0.2) is 126 Å². The van der Waals surface area contributed by atoms with E-state index in [1.165, 1.54) is 10.8 Å². The second-order valence-corrected chi connectivity index (χ2v) is 9.98. The topological polar surface area (TPSA) is 56.0 Å². The Morgan fingerprint density at radius 1 is 0.561 bits per heavy atom. The largest absolute Gasteiger partial charge is 0.309 e. The first-order valence-electron chi connectivity index (χ1n) is 13.7. The SMILES string of the molecule is CC=Nc1cc2c3ccccc3n(-c3cccc(-c4nc(-c5ccccc5)nc(-c5ccccc5)n4)c3)c2cc1C. The zero-order valence-corrected chi connectivity index (χ0v) is 22.9. The van der Waals surface area contributed by atoms with Gasteiger partial charge >= 0.3 is 0 Å². The van der Waals surface area contributed by atoms with Gasteiger partial charge in [-0.05, 0) is 49.7 Å². The van der Waals surface area contributed by atoms with Gasteiger partial charge in [0, 0.05) is 39.4 Å². The molecule has 0 atom stereocenters. The highest BCUT2D eigenvalue weighted by molar-refractivity contribution is 6.10. The van der Waals surface area contributed by atoms with E-state index < -0.39 is 0 Å². The first-order chi connectivity index (χ1) is 20.2. The predicted octanol–water partition coefficient (Wildman–Crippen LogP) is 9.00. The molecule has 196 valence electrons. The van der Waals surface area contributed by atoms with Crippen LogP contribution in [0.1, 0.15) is 12.5 Å². The molecule has 2 heterocycles. The molecule has 0 radical (unpaired) electrons. The third kappa shape index (κ3) is 4.47. The molecule has 0 saturated carbocycles. The average molecular weight is 530 g/mol. The molecule has 5 aromatic carbocycles. The Hall–Kier alpha value is -5.42. The van der Waals surface area contributed by atoms with Gasteiger partial charge < -0.3 is 4.57 Å². The van der Waals surface area contributed by atoms with Crippen LogP contribution in [0.3, 0.4) is 0 Å². The molecule has 7 aromatic rings. The van der Waals surface area contributed by atoms with Crippen molar-refractivity contribution in [3.63, 3.8) is 0 Å². The summed E-state index contributed by atoms with van der Waals surface area (Å²) in [6.07, 6.45) is 1.85. The summed E-state index contributed by atoms with van der Waals surface area (Å²) in [6.45, 7) is 4.06. The van der Waals surface area contributed by atoms with Gasteiger partial charge in [-0.15, -0.1) is 0 Å². The summed E-state index contributed by atoms with van der Waals surface area (Å²) in [5.74, 6) is 1.93. The molecule has 0 aliphatic rings. The van der Waals surface area contributed by atoms with Gasteiger partial charge in [0.15, 0.2) is 17.5 Å². The minimum absolute atomic E-state index is 0.635. The van der Waals surface area contributed by atoms with Crippen LogP contribution in [0, 0.1) is 6.92 Å². The lowest BCUT2D eigenvalue weighted by atomic mass is 10.1. The molecule has 0 amide bonds. The van der Waals surface area contributed by atoms with Gasteiger partial charge in [-0.25, -0.2) is 15.0 Å². The average Bonchev–Trinajstić information content (AvgIpc) is 3.35. The second kappa shape index (κ2) is 10.3. The van der Waals surface area contributed by atoms with Crippen molar-refractivity contribution in [2.45, 2.75) is 13.8 Å². The Bertz CT molecular complexity index is 2000. The van der Waals surface area contributed by atoms with Gasteiger partial charge in [0.25, 0.3) is 0 Å². The molecule has 0 unspecified atom stereocenters. The third-order valence-electron chi connectivity index (χ3n) is 7.32. The number of hydrogen-bond donors (Lipinski definition) is 0. The Kier molecular flexibility index (Phi) is 6.17. The molecule has 0 spiro atoms. The first-order valence-corrected chi connectivity index (χ1v) is 13.7. The summed E-state index contributed by atoms with van der Waals surface area (Å²) in [5, 5.41) is 2.37. The van der Waals surface area contributed by atoms with E-state index in [0.717, 1.165) is 44.7 Å². The lowest BCUT2D eigenvalue weighted by Crippen LogP contribution is -2.01. The maximum absolute atomic E-state index is 4.95. The Morgan fingerprint density at radius 3 is 1.80 bits per heavy atom. The van der Waals surface area contributed by atoms with Crippen LogP contribution in [0.25, 0.3) is 61.7 Å². The maximum Gasteiger partial charge on any atom is 0.164 e. The molecule has 7 rings (SSSR count). The Labute approximate surface area is 238 Å². The van der Waals surface area contributed by atoms with Crippen molar-refractivity contribution in [1.82, 2.24) is 19.5 Å². The van der Waals surface area contributed by atoms with Gasteiger partial charge in [0.05, 0.1) is 16.7 Å². The van der Waals surface area contributed by atoms with E-state index in [1.54, 1.807) is 0 Å². The van der Waals surface area contributed by atoms with E-state index in [4.69, 9.17) is 15.0 Å². The number of fused-ring (bicyclic) bond motifs is 3. The van der Waals surface area contributed by atoms with Gasteiger partial charge in [-0.1, -0.05) is 91.0 Å². The van der Waals surface area contributed by atoms with Crippen molar-refractivity contribution in [3.8, 4) is 39.9 Å². The van der Waals surface area contributed by atoms with Crippen molar-refractivity contribution < 1.29 is 0 Å². The highest BCUT2D eigenvalue weighted by Gasteiger charge is 2.16. The minimum atomic E-state index is 0.635. The van der Waals surface area contributed by atoms with Gasteiger partial charge in [-0.3, -0.25) is 4.99 Å². The molecule has 0 aliphatic carbocycles. The molecule has 0 aliphatic heterocycles. The summed E-state index contributed by atoms with van der Waals surface area (Å²) in [5.41, 5.74) is 8.28. The molecule has 0 fully saturated rings. The number of aromatic nitrogens is 4. The van der Waals surface area contributed by atoms with E-state index in [9.17, 15) is 0 Å². The number of nitrogens with zero attached hydrogens (tertiary/aromatic N) is 5. The number of hydrogen-bond acceptors (Lipinski definition) is 4. The zero-order chi connectivity index (χ0) is 27.8. The van der Waals surface area contributed by atoms with Crippen molar-refractivity contribution >= 4 is 33.7 Å². The number of rotatable bonds is 5. The molecule has 0 saturated heterocycles. The minimum Gasteiger partial charge on any atom is -0.309 e. The van der Waals surface area contributed by atoms with E-state index in [1.807, 2.05) is 73.8 Å². The summed E-state index contributed by atoms with van der Waals surface area (Å²) < 4.78 is 2.32. The maximum atomic E-state index is 4.95. The number of para-hydroxylation sites is 1. The fourth-order valence-electron chi connectivity index (χ4n) is 5.39. The van der Waals surface area contributed by atoms with E-state index in [-0.39, 0.29) is 0 Å². The lowest BCUT2D eigenvalue weighted by Gasteiger charge is -2.12. The molecule has 5 heteroatoms. The van der Waals surface area contributed by atoms with E-state index in [2.05, 4.69) is 77.1 Å². The molecule has 0 bridgehead atoms. The number of benzene rings is 5. The number of aryl methyl sites for hydroxylation is 1. The van der Waals surface area contributed by atoms with Gasteiger partial charge in [-0.2, -0.15) is 0 Å². The van der Waals surface area contributed by atoms with Crippen LogP contribution < -0.4 is 0 Å². The van der Waals surface area contributed by atoms with Crippen molar-refractivity contribution in [2.24, 2.45) is 4.99 Å². The van der Waals surface area contributed by atoms with E-state index >= 15 is 0 Å². The Morgan fingerprint density at radius 2 is 1.15 bits per heavy atom. The van der Waals surface area contributed by atoms with Crippen LogP contribution >= 0.6 is 0 Å². The summed E-state index contributed by atoms with van der Waals surface area (Å²) in [4.78, 5) is 19.3. The van der Waals surface area contributed by atoms with Gasteiger partial charge in [0.2, 0.25) is 0 Å². The molecule has 5 nitrogen and oxygen atoms in total. The fraction of sp³-hybridized carbons (Fsp3) is 0.0556. The molecular formula is C36H27N5. The summed E-state index contributed by atoms with van der Waals surface area (Å²) in [6, 6.07) is 41.5. The monoisotopic (exact) mass is 529 g/mol. The smallest absolute Gasteiger partial charge is 0.164 e. The third-order valence-corrected chi connectivity index (χ3v) is 7.32. The highest BCUT2D eigenvalue weighted by atomic mass is 15.0. The van der Waals surface area contributed by atoms with Crippen LogP contribution in [-0.2, 0) is 0 Å². The van der Waals surface area contributed by atoms with Crippen molar-refractivity contribution in [3.05, 3.63) is 127 Å². The summed E-state index contributed by atoms with van der Waals surface area (Å²) in [7, 11) is 0. The lowest BCUT2D eigenvalue weighted by molar-refractivity contribution is 1.07. The van der Waals surface area contributed by atoms with Crippen LogP contribution in [0.2, 0.25) is 0 Å². The van der Waals surface area contributed by atoms with Crippen molar-refractivity contribution in [1.29, 1.82) is 0 Å². The Balaban J connectivity index is 1.44. The van der Waals surface area contributed by atoms with Crippen molar-refractivity contribution in [2.75, 3.05) is 0 Å². The summed E-state index contributed by atoms with van der Waals surface area (Å²) >= 11 is 0. The standard InChI is InChI=1S/C36H27N5/c1-3-37-31-23-30-29-19-10-11-20-32(29)41(33(30)21-24(31)2)28-18-12-17-27(22-28)36-39-34(25-13-6-4-7-14-25)38-35(40-36)26-15-8-5-9-16-26/h3-23H,1-2H3. The molecule has 41 heavy (non-hydrogen) atoms. The molecule has 2 aromatic heterocycles. The quantitative estimate of drug-likeness (QED) is 0.209. The molecule has 0 N–H and O–H groups in total. The zero-order valence-electron chi connectivity index (χ0n) is 22.9. The highest BCUT2D eigenvalue weighted by Crippen LogP contribution is 2.37. The number of aliphatic imine (C=N–C) groups is 1. The van der Waals surface area contributed by atoms with Gasteiger partial charge in [0.1, 0.15) is 0 Å². The normalized spacial score (nSPS) is 11.6. The van der Waals surface area contributed by atoms with E-state index in [0.29, 0.717) is 17.5 Å². The van der Waals surface area contributed by atoms with Crippen LogP contribution in [0.4, 0.5) is 5.69 Å². The van der Waals surface area contributed by atoms with Crippen LogP contribution in [0.5, 0.6) is 0 Å². The second-order valence-electron chi connectivity index (χ2n) is 9.98. The predicted molar refractivity (Wildman–Crippen MR) is 169 cm³/mol. The van der Waals surface area contributed by atoms with Crippen LogP contribution in [-0.4, -0.2) is 25.7 Å². The molecular weight excluding hydrogens is 502 g/mol. The first kappa shape index (κ1) is 24.6.